The van der Waals surface area contributed by atoms with Gasteiger partial charge in [-0.15, -0.1) is 0 Å². The standard InChI is InChI=1S/C14H18N4O/c1-3-18(2)14-16-13(19-17-14)12-8-10-6-4-5-7-11(10)9-15-12/h4-7,12,15H,3,8-9H2,1-2H3/t12-/m1/s1. The van der Waals surface area contributed by atoms with E-state index in [1.807, 2.05) is 11.9 Å². The highest BCUT2D eigenvalue weighted by atomic mass is 16.5. The van der Waals surface area contributed by atoms with Gasteiger partial charge in [-0.25, -0.2) is 0 Å². The molecule has 0 spiro atoms. The lowest BCUT2D eigenvalue weighted by Crippen LogP contribution is -2.28. The van der Waals surface area contributed by atoms with E-state index in [-0.39, 0.29) is 6.04 Å². The molecule has 1 aliphatic heterocycles. The topological polar surface area (TPSA) is 54.2 Å². The number of nitrogens with zero attached hydrogens (tertiary/aromatic N) is 3. The molecule has 1 N–H and O–H groups in total. The van der Waals surface area contributed by atoms with Crippen LogP contribution in [0.15, 0.2) is 28.8 Å². The normalized spacial score (nSPS) is 18.1. The molecule has 0 bridgehead atoms. The molecule has 19 heavy (non-hydrogen) atoms. The average molecular weight is 258 g/mol. The van der Waals surface area contributed by atoms with E-state index in [9.17, 15) is 0 Å². The van der Waals surface area contributed by atoms with Crippen LogP contribution in [0.1, 0.15) is 30.0 Å². The lowest BCUT2D eigenvalue weighted by molar-refractivity contribution is 0.321. The van der Waals surface area contributed by atoms with Crippen molar-refractivity contribution in [2.75, 3.05) is 18.5 Å². The van der Waals surface area contributed by atoms with E-state index < -0.39 is 0 Å². The Labute approximate surface area is 112 Å². The Morgan fingerprint density at radius 3 is 2.95 bits per heavy atom. The monoisotopic (exact) mass is 258 g/mol. The fourth-order valence-corrected chi connectivity index (χ4v) is 2.29. The van der Waals surface area contributed by atoms with Gasteiger partial charge >= 0.3 is 0 Å². The predicted molar refractivity (Wildman–Crippen MR) is 73.0 cm³/mol. The molecule has 2 aromatic rings. The Kier molecular flexibility index (Phi) is 3.21. The molecule has 5 heteroatoms. The molecule has 1 aromatic carbocycles. The van der Waals surface area contributed by atoms with Gasteiger partial charge in [0.1, 0.15) is 0 Å². The van der Waals surface area contributed by atoms with Crippen molar-refractivity contribution in [3.63, 3.8) is 0 Å². The molecule has 0 saturated carbocycles. The van der Waals surface area contributed by atoms with Crippen LogP contribution in [-0.4, -0.2) is 23.7 Å². The van der Waals surface area contributed by atoms with Crippen LogP contribution in [0.3, 0.4) is 0 Å². The third-order valence-electron chi connectivity index (χ3n) is 3.63. The zero-order chi connectivity index (χ0) is 13.2. The smallest absolute Gasteiger partial charge is 0.265 e. The number of hydrogen-bond donors (Lipinski definition) is 1. The highest BCUT2D eigenvalue weighted by molar-refractivity contribution is 5.31. The first kappa shape index (κ1) is 12.2. The first-order valence-corrected chi connectivity index (χ1v) is 6.63. The minimum Gasteiger partial charge on any atom is -0.342 e. The number of benzene rings is 1. The van der Waals surface area contributed by atoms with Crippen molar-refractivity contribution in [1.82, 2.24) is 15.5 Å². The van der Waals surface area contributed by atoms with Gasteiger partial charge in [-0.1, -0.05) is 24.3 Å². The quantitative estimate of drug-likeness (QED) is 0.911. The lowest BCUT2D eigenvalue weighted by atomic mass is 9.96. The summed E-state index contributed by atoms with van der Waals surface area (Å²) in [6.45, 7) is 3.77. The van der Waals surface area contributed by atoms with Crippen LogP contribution in [0.5, 0.6) is 0 Å². The summed E-state index contributed by atoms with van der Waals surface area (Å²) in [7, 11) is 1.96. The summed E-state index contributed by atoms with van der Waals surface area (Å²) < 4.78 is 5.38. The van der Waals surface area contributed by atoms with E-state index in [4.69, 9.17) is 4.52 Å². The summed E-state index contributed by atoms with van der Waals surface area (Å²) in [6, 6.07) is 8.58. The maximum atomic E-state index is 5.38. The van der Waals surface area contributed by atoms with Crippen molar-refractivity contribution < 1.29 is 4.52 Å². The summed E-state index contributed by atoms with van der Waals surface area (Å²) >= 11 is 0. The predicted octanol–water partition coefficient (Wildman–Crippen LogP) is 1.91. The van der Waals surface area contributed by atoms with Gasteiger partial charge in [0, 0.05) is 20.1 Å². The van der Waals surface area contributed by atoms with E-state index in [0.717, 1.165) is 19.5 Å². The van der Waals surface area contributed by atoms with E-state index in [1.54, 1.807) is 0 Å². The maximum Gasteiger partial charge on any atom is 0.265 e. The van der Waals surface area contributed by atoms with Gasteiger partial charge in [-0.3, -0.25) is 0 Å². The molecule has 0 unspecified atom stereocenters. The Hall–Kier alpha value is -1.88. The number of fused-ring (bicyclic) bond motifs is 1. The van der Waals surface area contributed by atoms with Gasteiger partial charge < -0.3 is 14.7 Å². The van der Waals surface area contributed by atoms with Crippen molar-refractivity contribution >= 4 is 5.95 Å². The molecule has 0 aliphatic carbocycles. The molecule has 3 rings (SSSR count). The average Bonchev–Trinajstić information content (AvgIpc) is 2.95. The van der Waals surface area contributed by atoms with Gasteiger partial charge in [-0.05, 0) is 29.6 Å². The number of hydrogen-bond acceptors (Lipinski definition) is 5. The molecule has 5 nitrogen and oxygen atoms in total. The lowest BCUT2D eigenvalue weighted by Gasteiger charge is -2.23. The largest absolute Gasteiger partial charge is 0.342 e. The summed E-state index contributed by atoms with van der Waals surface area (Å²) in [5, 5.41) is 7.47. The molecule has 1 atom stereocenters. The van der Waals surface area contributed by atoms with Crippen LogP contribution < -0.4 is 10.2 Å². The highest BCUT2D eigenvalue weighted by Gasteiger charge is 2.24. The Balaban J connectivity index is 1.79. The molecule has 100 valence electrons. The second-order valence-electron chi connectivity index (χ2n) is 4.85. The van der Waals surface area contributed by atoms with Crippen molar-refractivity contribution in [1.29, 1.82) is 0 Å². The van der Waals surface area contributed by atoms with E-state index >= 15 is 0 Å². The summed E-state index contributed by atoms with van der Waals surface area (Å²) in [5.74, 6) is 1.32. The molecule has 1 aliphatic rings. The molecule has 2 heterocycles. The van der Waals surface area contributed by atoms with E-state index in [1.165, 1.54) is 11.1 Å². The SMILES string of the molecule is CCN(C)c1noc([C@H]2Cc3ccccc3CN2)n1. The van der Waals surface area contributed by atoms with Crippen LogP contribution in [0, 0.1) is 0 Å². The number of rotatable bonds is 3. The molecule has 1 aromatic heterocycles. The molecule has 0 amide bonds. The fraction of sp³-hybridized carbons (Fsp3) is 0.429. The van der Waals surface area contributed by atoms with Crippen molar-refractivity contribution in [2.24, 2.45) is 0 Å². The minimum atomic E-state index is 0.112. The molecule has 0 radical (unpaired) electrons. The Morgan fingerprint density at radius 1 is 1.37 bits per heavy atom. The van der Waals surface area contributed by atoms with E-state index in [2.05, 4.69) is 46.6 Å². The zero-order valence-corrected chi connectivity index (χ0v) is 11.3. The number of nitrogens with one attached hydrogen (secondary N) is 1. The zero-order valence-electron chi connectivity index (χ0n) is 11.3. The second kappa shape index (κ2) is 5.01. The number of anilines is 1. The van der Waals surface area contributed by atoms with Gasteiger partial charge in [0.15, 0.2) is 0 Å². The van der Waals surface area contributed by atoms with Crippen molar-refractivity contribution in [2.45, 2.75) is 25.9 Å². The first-order valence-electron chi connectivity index (χ1n) is 6.63. The summed E-state index contributed by atoms with van der Waals surface area (Å²) in [4.78, 5) is 6.43. The summed E-state index contributed by atoms with van der Waals surface area (Å²) in [5.41, 5.74) is 2.71. The second-order valence-corrected chi connectivity index (χ2v) is 4.85. The molecular weight excluding hydrogens is 240 g/mol. The maximum absolute atomic E-state index is 5.38. The van der Waals surface area contributed by atoms with Gasteiger partial charge in [0.25, 0.3) is 5.95 Å². The summed E-state index contributed by atoms with van der Waals surface area (Å²) in [6.07, 6.45) is 0.896. The van der Waals surface area contributed by atoms with Crippen LogP contribution in [0.2, 0.25) is 0 Å². The van der Waals surface area contributed by atoms with Crippen LogP contribution in [0.4, 0.5) is 5.95 Å². The molecule has 0 fully saturated rings. The van der Waals surface area contributed by atoms with Crippen molar-refractivity contribution in [3.8, 4) is 0 Å². The third kappa shape index (κ3) is 2.33. The van der Waals surface area contributed by atoms with Crippen LogP contribution >= 0.6 is 0 Å². The van der Waals surface area contributed by atoms with Gasteiger partial charge in [0.2, 0.25) is 5.89 Å². The first-order chi connectivity index (χ1) is 9.28. The minimum absolute atomic E-state index is 0.112. The Bertz CT molecular complexity index is 566. The van der Waals surface area contributed by atoms with Gasteiger partial charge in [0.05, 0.1) is 6.04 Å². The number of aromatic nitrogens is 2. The molecular formula is C14H18N4O. The third-order valence-corrected chi connectivity index (χ3v) is 3.63. The molecule has 0 saturated heterocycles. The fourth-order valence-electron chi connectivity index (χ4n) is 2.29. The van der Waals surface area contributed by atoms with Crippen molar-refractivity contribution in [3.05, 3.63) is 41.3 Å². The van der Waals surface area contributed by atoms with Gasteiger partial charge in [-0.2, -0.15) is 4.98 Å². The van der Waals surface area contributed by atoms with Crippen LogP contribution in [0.25, 0.3) is 0 Å². The van der Waals surface area contributed by atoms with Crippen LogP contribution in [-0.2, 0) is 13.0 Å². The van der Waals surface area contributed by atoms with E-state index in [0.29, 0.717) is 11.8 Å². The highest BCUT2D eigenvalue weighted by Crippen LogP contribution is 2.25. The Morgan fingerprint density at radius 2 is 2.16 bits per heavy atom.